The summed E-state index contributed by atoms with van der Waals surface area (Å²) in [6, 6.07) is 5.20. The number of rotatable bonds is 1. The molecular formula is C11H9BrClNO2. The predicted molar refractivity (Wildman–Crippen MR) is 66.3 cm³/mol. The maximum absolute atomic E-state index is 11.8. The van der Waals surface area contributed by atoms with Gasteiger partial charge in [0.05, 0.1) is 12.1 Å². The summed E-state index contributed by atoms with van der Waals surface area (Å²) >= 11 is 9.33. The minimum atomic E-state index is -0.207. The van der Waals surface area contributed by atoms with Crippen molar-refractivity contribution in [1.29, 1.82) is 0 Å². The highest BCUT2D eigenvalue weighted by Crippen LogP contribution is 2.32. The molecule has 1 aliphatic rings. The summed E-state index contributed by atoms with van der Waals surface area (Å²) in [6.07, 6.45) is 0. The molecule has 1 heterocycles. The molecule has 0 unspecified atom stereocenters. The summed E-state index contributed by atoms with van der Waals surface area (Å²) in [5.41, 5.74) is 0.858. The van der Waals surface area contributed by atoms with Crippen molar-refractivity contribution in [3.63, 3.8) is 0 Å². The van der Waals surface area contributed by atoms with Gasteiger partial charge in [-0.1, -0.05) is 33.6 Å². The van der Waals surface area contributed by atoms with Crippen molar-refractivity contribution in [3.8, 4) is 0 Å². The fourth-order valence-electron chi connectivity index (χ4n) is 1.65. The molecule has 0 aromatic heterocycles. The van der Waals surface area contributed by atoms with Gasteiger partial charge in [-0.05, 0) is 12.1 Å². The topological polar surface area (TPSA) is 40.5 Å². The Hall–Kier alpha value is -1.00. The maximum atomic E-state index is 11.8. The van der Waals surface area contributed by atoms with E-state index in [9.17, 15) is 9.90 Å². The van der Waals surface area contributed by atoms with Gasteiger partial charge in [0.1, 0.15) is 5.76 Å². The monoisotopic (exact) mass is 301 g/mol. The summed E-state index contributed by atoms with van der Waals surface area (Å²) in [5.74, 6) is -0.140. The molecule has 0 fully saturated rings. The SMILES string of the molecule is CN1CC(O)=C(c2ccc(Br)cc2Cl)C1=O. The maximum Gasteiger partial charge on any atom is 0.258 e. The Morgan fingerprint density at radius 3 is 2.69 bits per heavy atom. The molecule has 1 aromatic carbocycles. The number of nitrogens with zero attached hydrogens (tertiary/aromatic N) is 1. The third kappa shape index (κ3) is 1.83. The van der Waals surface area contributed by atoms with Crippen LogP contribution in [0.1, 0.15) is 5.56 Å². The highest BCUT2D eigenvalue weighted by molar-refractivity contribution is 9.10. The van der Waals surface area contributed by atoms with Crippen LogP contribution in [0.5, 0.6) is 0 Å². The summed E-state index contributed by atoms with van der Waals surface area (Å²) < 4.78 is 0.833. The summed E-state index contributed by atoms with van der Waals surface area (Å²) in [4.78, 5) is 13.2. The number of carbonyl (C=O) groups excluding carboxylic acids is 1. The molecule has 0 bridgehead atoms. The highest BCUT2D eigenvalue weighted by atomic mass is 79.9. The van der Waals surface area contributed by atoms with E-state index in [4.69, 9.17) is 11.6 Å². The lowest BCUT2D eigenvalue weighted by Crippen LogP contribution is -2.21. The molecule has 0 atom stereocenters. The van der Waals surface area contributed by atoms with Crippen LogP contribution < -0.4 is 0 Å². The van der Waals surface area contributed by atoms with E-state index in [1.165, 1.54) is 4.90 Å². The lowest BCUT2D eigenvalue weighted by Gasteiger charge is -2.08. The lowest BCUT2D eigenvalue weighted by molar-refractivity contribution is -0.122. The minimum absolute atomic E-state index is 0.0664. The molecule has 84 valence electrons. The molecule has 1 aliphatic heterocycles. The average molecular weight is 303 g/mol. The second-order valence-electron chi connectivity index (χ2n) is 3.61. The van der Waals surface area contributed by atoms with Gasteiger partial charge in [-0.2, -0.15) is 0 Å². The Morgan fingerprint density at radius 1 is 1.50 bits per heavy atom. The summed E-state index contributed by atoms with van der Waals surface area (Å²) in [7, 11) is 1.64. The molecule has 16 heavy (non-hydrogen) atoms. The molecule has 0 saturated carbocycles. The van der Waals surface area contributed by atoms with Crippen LogP contribution >= 0.6 is 27.5 Å². The Balaban J connectivity index is 2.53. The van der Waals surface area contributed by atoms with Crippen molar-refractivity contribution >= 4 is 39.0 Å². The Labute approximate surface area is 106 Å². The summed E-state index contributed by atoms with van der Waals surface area (Å²) in [6.45, 7) is 0.237. The number of aliphatic hydroxyl groups is 1. The summed E-state index contributed by atoms with van der Waals surface area (Å²) in [5, 5.41) is 10.2. The zero-order chi connectivity index (χ0) is 11.9. The van der Waals surface area contributed by atoms with Crippen LogP contribution in [-0.2, 0) is 4.79 Å². The quantitative estimate of drug-likeness (QED) is 0.866. The number of hydrogen-bond donors (Lipinski definition) is 1. The van der Waals surface area contributed by atoms with Gasteiger partial charge in [-0.15, -0.1) is 0 Å². The number of aliphatic hydroxyl groups excluding tert-OH is 1. The molecule has 1 aromatic rings. The van der Waals surface area contributed by atoms with Crippen LogP contribution in [0, 0.1) is 0 Å². The van der Waals surface area contributed by atoms with E-state index < -0.39 is 0 Å². The number of likely N-dealkylation sites (N-methyl/N-ethyl adjacent to an activating group) is 1. The van der Waals surface area contributed by atoms with E-state index in [-0.39, 0.29) is 18.2 Å². The molecule has 2 rings (SSSR count). The van der Waals surface area contributed by atoms with Crippen LogP contribution in [0.15, 0.2) is 28.4 Å². The van der Waals surface area contributed by atoms with Gasteiger partial charge in [-0.25, -0.2) is 0 Å². The van der Waals surface area contributed by atoms with Crippen LogP contribution in [-0.4, -0.2) is 29.5 Å². The normalized spacial score (nSPS) is 16.2. The molecule has 1 N–H and O–H groups in total. The first-order valence-corrected chi connectivity index (χ1v) is 5.81. The van der Waals surface area contributed by atoms with Crippen molar-refractivity contribution in [2.75, 3.05) is 13.6 Å². The van der Waals surface area contributed by atoms with E-state index in [2.05, 4.69) is 15.9 Å². The van der Waals surface area contributed by atoms with Crippen LogP contribution in [0.2, 0.25) is 5.02 Å². The van der Waals surface area contributed by atoms with Crippen molar-refractivity contribution in [1.82, 2.24) is 4.90 Å². The first-order chi connectivity index (χ1) is 7.50. The standard InChI is InChI=1S/C11H9BrClNO2/c1-14-5-9(15)10(11(14)16)7-3-2-6(12)4-8(7)13/h2-4,15H,5H2,1H3. The van der Waals surface area contributed by atoms with Gasteiger partial charge >= 0.3 is 0 Å². The fourth-order valence-corrected chi connectivity index (χ4v) is 2.42. The van der Waals surface area contributed by atoms with Gasteiger partial charge in [-0.3, -0.25) is 4.79 Å². The first-order valence-electron chi connectivity index (χ1n) is 4.63. The van der Waals surface area contributed by atoms with Crippen LogP contribution in [0.25, 0.3) is 5.57 Å². The number of halogens is 2. The minimum Gasteiger partial charge on any atom is -0.510 e. The smallest absolute Gasteiger partial charge is 0.258 e. The average Bonchev–Trinajstić information content (AvgIpc) is 2.43. The van der Waals surface area contributed by atoms with E-state index in [1.807, 2.05) is 0 Å². The van der Waals surface area contributed by atoms with Gasteiger partial charge in [0.15, 0.2) is 0 Å². The third-order valence-electron chi connectivity index (χ3n) is 2.44. The van der Waals surface area contributed by atoms with Crippen molar-refractivity contribution in [2.24, 2.45) is 0 Å². The highest BCUT2D eigenvalue weighted by Gasteiger charge is 2.29. The molecule has 3 nitrogen and oxygen atoms in total. The van der Waals surface area contributed by atoms with Crippen molar-refractivity contribution < 1.29 is 9.90 Å². The first kappa shape index (κ1) is 11.5. The zero-order valence-corrected chi connectivity index (χ0v) is 10.8. The van der Waals surface area contributed by atoms with Crippen LogP contribution in [0.3, 0.4) is 0 Å². The molecule has 0 spiro atoms. The van der Waals surface area contributed by atoms with E-state index in [0.29, 0.717) is 16.2 Å². The molecule has 0 radical (unpaired) electrons. The van der Waals surface area contributed by atoms with E-state index in [1.54, 1.807) is 25.2 Å². The molecule has 5 heteroatoms. The van der Waals surface area contributed by atoms with Gasteiger partial charge < -0.3 is 10.0 Å². The van der Waals surface area contributed by atoms with Gasteiger partial charge in [0.2, 0.25) is 0 Å². The lowest BCUT2D eigenvalue weighted by atomic mass is 10.1. The second kappa shape index (κ2) is 4.11. The van der Waals surface area contributed by atoms with Gasteiger partial charge in [0.25, 0.3) is 5.91 Å². The van der Waals surface area contributed by atoms with Crippen molar-refractivity contribution in [2.45, 2.75) is 0 Å². The second-order valence-corrected chi connectivity index (χ2v) is 4.93. The Bertz CT molecular complexity index is 499. The Morgan fingerprint density at radius 2 is 2.19 bits per heavy atom. The number of benzene rings is 1. The van der Waals surface area contributed by atoms with E-state index >= 15 is 0 Å². The number of hydrogen-bond acceptors (Lipinski definition) is 2. The largest absolute Gasteiger partial charge is 0.510 e. The third-order valence-corrected chi connectivity index (χ3v) is 3.24. The fraction of sp³-hybridized carbons (Fsp3) is 0.182. The number of carbonyl (C=O) groups is 1. The molecule has 0 aliphatic carbocycles. The zero-order valence-electron chi connectivity index (χ0n) is 8.50. The van der Waals surface area contributed by atoms with Crippen molar-refractivity contribution in [3.05, 3.63) is 39.0 Å². The predicted octanol–water partition coefficient (Wildman–Crippen LogP) is 2.84. The number of amides is 1. The molecular weight excluding hydrogens is 293 g/mol. The Kier molecular flexibility index (Phi) is 2.95. The molecule has 1 amide bonds. The van der Waals surface area contributed by atoms with Crippen LogP contribution in [0.4, 0.5) is 0 Å². The van der Waals surface area contributed by atoms with Gasteiger partial charge in [0, 0.05) is 22.1 Å². The molecule has 0 saturated heterocycles. The van der Waals surface area contributed by atoms with E-state index in [0.717, 1.165) is 4.47 Å².